The van der Waals surface area contributed by atoms with Crippen LogP contribution in [0.15, 0.2) is 40.6 Å². The lowest BCUT2D eigenvalue weighted by Crippen LogP contribution is -2.28. The number of alkyl halides is 2. The molecule has 0 N–H and O–H groups in total. The quantitative estimate of drug-likeness (QED) is 0.512. The zero-order valence-corrected chi connectivity index (χ0v) is 16.1. The lowest BCUT2D eigenvalue weighted by Gasteiger charge is -2.16. The second-order valence-corrected chi connectivity index (χ2v) is 7.15. The van der Waals surface area contributed by atoms with Gasteiger partial charge in [0.2, 0.25) is 0 Å². The number of hydrogen-bond donors (Lipinski definition) is 0. The summed E-state index contributed by atoms with van der Waals surface area (Å²) in [5.41, 5.74) is 2.77. The number of amides is 1. The molecule has 5 rings (SSSR count). The minimum absolute atomic E-state index is 0.108. The molecule has 0 bridgehead atoms. The molecule has 1 atom stereocenters. The van der Waals surface area contributed by atoms with Gasteiger partial charge in [-0.15, -0.1) is 0 Å². The average molecular weight is 410 g/mol. The molecule has 0 spiro atoms. The van der Waals surface area contributed by atoms with E-state index in [1.807, 2.05) is 0 Å². The smallest absolute Gasteiger partial charge is 0.280 e. The molecule has 1 amide bonds. The summed E-state index contributed by atoms with van der Waals surface area (Å²) in [6.45, 7) is 1.75. The number of fused-ring (bicyclic) bond motifs is 2. The molecular formula is C20H16F2N6O2. The Morgan fingerprint density at radius 1 is 1.33 bits per heavy atom. The lowest BCUT2D eigenvalue weighted by molar-refractivity contribution is 0.0790. The first kappa shape index (κ1) is 18.3. The van der Waals surface area contributed by atoms with E-state index in [0.717, 1.165) is 5.57 Å². The molecule has 1 aromatic carbocycles. The fourth-order valence-corrected chi connectivity index (χ4v) is 3.48. The summed E-state index contributed by atoms with van der Waals surface area (Å²) in [4.78, 5) is 26.5. The van der Waals surface area contributed by atoms with E-state index in [9.17, 15) is 13.6 Å². The number of nitrogens with zero attached hydrogens (tertiary/aromatic N) is 6. The Balaban J connectivity index is 1.40. The number of halogens is 2. The minimum Gasteiger partial charge on any atom is -0.441 e. The van der Waals surface area contributed by atoms with Gasteiger partial charge < -0.3 is 9.32 Å². The van der Waals surface area contributed by atoms with Crippen LogP contribution in [0.25, 0.3) is 23.0 Å². The van der Waals surface area contributed by atoms with Crippen molar-refractivity contribution in [1.82, 2.24) is 29.5 Å². The van der Waals surface area contributed by atoms with Gasteiger partial charge >= 0.3 is 0 Å². The number of rotatable bonds is 4. The Bertz CT molecular complexity index is 1330. The number of aryl methyl sites for hydroxylation is 1. The van der Waals surface area contributed by atoms with Crippen molar-refractivity contribution in [3.05, 3.63) is 59.0 Å². The van der Waals surface area contributed by atoms with E-state index in [2.05, 4.69) is 20.1 Å². The normalized spacial score (nSPS) is 17.4. The van der Waals surface area contributed by atoms with Crippen LogP contribution in [-0.4, -0.2) is 48.5 Å². The average Bonchev–Trinajstić information content (AvgIpc) is 3.13. The summed E-state index contributed by atoms with van der Waals surface area (Å²) in [5.74, 6) is 0.487. The van der Waals surface area contributed by atoms with Crippen LogP contribution < -0.4 is 0 Å². The molecule has 1 aliphatic rings. The molecule has 0 unspecified atom stereocenters. The van der Waals surface area contributed by atoms with Crippen molar-refractivity contribution in [2.75, 3.05) is 7.05 Å². The Morgan fingerprint density at radius 2 is 2.17 bits per heavy atom. The fraction of sp³-hybridized carbons (Fsp3) is 0.250. The fourth-order valence-electron chi connectivity index (χ4n) is 3.48. The molecule has 1 aliphatic carbocycles. The summed E-state index contributed by atoms with van der Waals surface area (Å²) in [6.07, 6.45) is 0.958. The maximum absolute atomic E-state index is 13.1. The van der Waals surface area contributed by atoms with Crippen LogP contribution in [0.2, 0.25) is 0 Å². The molecule has 152 valence electrons. The van der Waals surface area contributed by atoms with Crippen molar-refractivity contribution < 1.29 is 18.0 Å². The molecule has 0 saturated heterocycles. The Morgan fingerprint density at radius 3 is 2.97 bits per heavy atom. The monoisotopic (exact) mass is 410 g/mol. The van der Waals surface area contributed by atoms with Crippen molar-refractivity contribution in [1.29, 1.82) is 0 Å². The van der Waals surface area contributed by atoms with Crippen molar-refractivity contribution in [3.8, 4) is 0 Å². The third-order valence-electron chi connectivity index (χ3n) is 5.08. The Kier molecular flexibility index (Phi) is 4.09. The second kappa shape index (κ2) is 6.68. The van der Waals surface area contributed by atoms with Gasteiger partial charge in [-0.2, -0.15) is 14.6 Å². The van der Waals surface area contributed by atoms with E-state index in [4.69, 9.17) is 4.42 Å². The highest BCUT2D eigenvalue weighted by Gasteiger charge is 2.36. The highest BCUT2D eigenvalue weighted by Crippen LogP contribution is 2.37. The number of carbonyl (C=O) groups excluding carboxylic acids is 1. The number of aromatic nitrogens is 5. The van der Waals surface area contributed by atoms with Gasteiger partial charge in [0.15, 0.2) is 11.5 Å². The van der Waals surface area contributed by atoms with Crippen molar-refractivity contribution in [2.45, 2.75) is 25.8 Å². The number of carbonyl (C=O) groups is 1. The minimum atomic E-state index is -2.71. The molecule has 1 fully saturated rings. The van der Waals surface area contributed by atoms with Crippen LogP contribution in [0.3, 0.4) is 0 Å². The number of likely N-dealkylation sites (N-methyl/N-ethyl adjacent to an activating group) is 1. The largest absolute Gasteiger partial charge is 0.441 e. The van der Waals surface area contributed by atoms with Gasteiger partial charge in [-0.3, -0.25) is 4.79 Å². The van der Waals surface area contributed by atoms with E-state index in [0.29, 0.717) is 34.7 Å². The van der Waals surface area contributed by atoms with E-state index in [1.54, 1.807) is 43.1 Å². The zero-order chi connectivity index (χ0) is 21.0. The molecular weight excluding hydrogens is 394 g/mol. The first-order chi connectivity index (χ1) is 14.4. The topological polar surface area (TPSA) is 89.4 Å². The molecule has 3 heterocycles. The summed E-state index contributed by atoms with van der Waals surface area (Å²) in [5, 5.41) is 4.04. The van der Waals surface area contributed by atoms with Crippen LogP contribution in [0.5, 0.6) is 0 Å². The molecule has 8 nitrogen and oxygen atoms in total. The van der Waals surface area contributed by atoms with E-state index in [-0.39, 0.29) is 23.4 Å². The zero-order valence-electron chi connectivity index (χ0n) is 16.1. The maximum Gasteiger partial charge on any atom is 0.280 e. The maximum atomic E-state index is 13.1. The predicted molar refractivity (Wildman–Crippen MR) is 103 cm³/mol. The van der Waals surface area contributed by atoms with Gasteiger partial charge in [0.25, 0.3) is 18.1 Å². The van der Waals surface area contributed by atoms with Gasteiger partial charge in [0.1, 0.15) is 17.5 Å². The van der Waals surface area contributed by atoms with Crippen molar-refractivity contribution in [3.63, 3.8) is 0 Å². The van der Waals surface area contributed by atoms with Crippen LogP contribution in [0, 0.1) is 6.92 Å². The molecule has 4 aromatic rings. The van der Waals surface area contributed by atoms with Crippen LogP contribution in [-0.2, 0) is 0 Å². The second-order valence-electron chi connectivity index (χ2n) is 7.15. The summed E-state index contributed by atoms with van der Waals surface area (Å²) in [7, 11) is 1.71. The molecule has 3 aromatic heterocycles. The number of hydrogen-bond acceptors (Lipinski definition) is 6. The summed E-state index contributed by atoms with van der Waals surface area (Å²) < 4.78 is 33.2. The summed E-state index contributed by atoms with van der Waals surface area (Å²) in [6, 6.07) is 6.31. The molecule has 0 radical (unpaired) electrons. The van der Waals surface area contributed by atoms with Gasteiger partial charge in [-0.25, -0.2) is 18.7 Å². The Labute approximate surface area is 168 Å². The van der Waals surface area contributed by atoms with Gasteiger partial charge in [0, 0.05) is 19.5 Å². The highest BCUT2D eigenvalue weighted by atomic mass is 19.3. The van der Waals surface area contributed by atoms with Crippen LogP contribution >= 0.6 is 0 Å². The number of benzene rings is 1. The van der Waals surface area contributed by atoms with Crippen LogP contribution in [0.1, 0.15) is 40.5 Å². The van der Waals surface area contributed by atoms with Crippen molar-refractivity contribution >= 4 is 28.9 Å². The Hall–Kier alpha value is -3.69. The first-order valence-corrected chi connectivity index (χ1v) is 9.24. The molecule has 1 saturated carbocycles. The third kappa shape index (κ3) is 3.10. The van der Waals surface area contributed by atoms with Gasteiger partial charge in [-0.1, -0.05) is 0 Å². The summed E-state index contributed by atoms with van der Waals surface area (Å²) >= 11 is 0. The number of oxazole rings is 1. The van der Waals surface area contributed by atoms with Crippen LogP contribution in [0.4, 0.5) is 8.78 Å². The van der Waals surface area contributed by atoms with E-state index < -0.39 is 6.43 Å². The SMILES string of the molecule is Cc1nc2ccc(C(=O)N(C)[C@H]3C/C3=C/c3cc(C(F)F)nc4ncnn34)cc2o1. The first-order valence-electron chi connectivity index (χ1n) is 9.24. The highest BCUT2D eigenvalue weighted by molar-refractivity contribution is 5.97. The van der Waals surface area contributed by atoms with Gasteiger partial charge in [-0.05, 0) is 42.3 Å². The molecule has 0 aliphatic heterocycles. The third-order valence-corrected chi connectivity index (χ3v) is 5.08. The predicted octanol–water partition coefficient (Wildman–Crippen LogP) is 3.44. The molecule has 30 heavy (non-hydrogen) atoms. The lowest BCUT2D eigenvalue weighted by atomic mass is 10.2. The standard InChI is InChI=1S/C20H16F2N6O2/c1-10-25-14-4-3-11(7-17(14)30-10)19(29)27(2)16-6-12(16)5-13-8-15(18(21)22)26-20-23-9-24-28(13)20/h3-5,7-9,16,18H,6H2,1-2H3/b12-5-/t16-/m0/s1. The van der Waals surface area contributed by atoms with Gasteiger partial charge in [0.05, 0.1) is 11.7 Å². The molecule has 10 heteroatoms. The van der Waals surface area contributed by atoms with Crippen molar-refractivity contribution in [2.24, 2.45) is 0 Å². The van der Waals surface area contributed by atoms with E-state index in [1.165, 1.54) is 16.9 Å². The van der Waals surface area contributed by atoms with E-state index >= 15 is 0 Å².